The summed E-state index contributed by atoms with van der Waals surface area (Å²) in [7, 11) is -4.04. The van der Waals surface area contributed by atoms with Crippen molar-refractivity contribution in [2.24, 2.45) is 0 Å². The molecule has 0 bridgehead atoms. The third-order valence-corrected chi connectivity index (χ3v) is 4.91. The van der Waals surface area contributed by atoms with Gasteiger partial charge >= 0.3 is 12.1 Å². The van der Waals surface area contributed by atoms with Gasteiger partial charge in [0.25, 0.3) is 0 Å². The lowest BCUT2D eigenvalue weighted by Crippen LogP contribution is -2.41. The molecule has 1 atom stereocenters. The Labute approximate surface area is 142 Å². The van der Waals surface area contributed by atoms with Crippen molar-refractivity contribution in [1.82, 2.24) is 10.0 Å². The van der Waals surface area contributed by atoms with E-state index in [9.17, 15) is 26.4 Å². The number of hydrogen-bond donors (Lipinski definition) is 3. The number of aliphatic carboxylic acids is 1. The average Bonchev–Trinajstić information content (AvgIpc) is 2.44. The van der Waals surface area contributed by atoms with E-state index in [1.165, 1.54) is 18.2 Å². The molecule has 1 aliphatic heterocycles. The Kier molecular flexibility index (Phi) is 6.62. The van der Waals surface area contributed by atoms with Crippen LogP contribution in [0.5, 0.6) is 0 Å². The largest absolute Gasteiger partial charge is 0.480 e. The number of alkyl halides is 3. The summed E-state index contributed by atoms with van der Waals surface area (Å²) in [5.74, 6) is -0.999. The van der Waals surface area contributed by atoms with Crippen LogP contribution in [-0.2, 0) is 27.8 Å². The zero-order chi connectivity index (χ0) is 17.3. The normalized spacial score (nSPS) is 17.7. The summed E-state index contributed by atoms with van der Waals surface area (Å²) in [4.78, 5) is 10.8. The summed E-state index contributed by atoms with van der Waals surface area (Å²) < 4.78 is 62.1. The van der Waals surface area contributed by atoms with Gasteiger partial charge in [0.1, 0.15) is 6.04 Å². The molecular formula is C13H16ClF3N2O4S. The van der Waals surface area contributed by atoms with Crippen molar-refractivity contribution < 1.29 is 31.5 Å². The van der Waals surface area contributed by atoms with E-state index in [1.54, 1.807) is 0 Å². The molecule has 1 aromatic rings. The molecule has 0 radical (unpaired) electrons. The van der Waals surface area contributed by atoms with Gasteiger partial charge in [-0.2, -0.15) is 13.2 Å². The standard InChI is InChI=1S/C13H15F3N2O4S.ClH/c14-13(15,16)3-4-18-23(21,22)10-2-1-8-6-11(12(19)20)17-7-9(8)5-10;/h1-2,5,11,17-18H,3-4,6-7H2,(H,19,20);1H. The number of sulfonamides is 1. The van der Waals surface area contributed by atoms with E-state index in [0.717, 1.165) is 0 Å². The second-order valence-electron chi connectivity index (χ2n) is 5.17. The molecular weight excluding hydrogens is 373 g/mol. The summed E-state index contributed by atoms with van der Waals surface area (Å²) in [6, 6.07) is 3.36. The second-order valence-corrected chi connectivity index (χ2v) is 6.94. The van der Waals surface area contributed by atoms with Crippen LogP contribution >= 0.6 is 12.4 Å². The highest BCUT2D eigenvalue weighted by Gasteiger charge is 2.28. The van der Waals surface area contributed by atoms with E-state index in [0.29, 0.717) is 11.1 Å². The number of benzene rings is 1. The topological polar surface area (TPSA) is 95.5 Å². The van der Waals surface area contributed by atoms with Crippen molar-refractivity contribution in [1.29, 1.82) is 0 Å². The maximum absolute atomic E-state index is 12.1. The predicted molar refractivity (Wildman–Crippen MR) is 81.5 cm³/mol. The Morgan fingerprint density at radius 1 is 1.33 bits per heavy atom. The molecule has 0 saturated heterocycles. The summed E-state index contributed by atoms with van der Waals surface area (Å²) in [6.07, 6.45) is -5.47. The van der Waals surface area contributed by atoms with Crippen LogP contribution in [0.2, 0.25) is 0 Å². The van der Waals surface area contributed by atoms with Crippen LogP contribution in [0, 0.1) is 0 Å². The van der Waals surface area contributed by atoms with Crippen molar-refractivity contribution in [2.75, 3.05) is 6.54 Å². The quantitative estimate of drug-likeness (QED) is 0.709. The van der Waals surface area contributed by atoms with Gasteiger partial charge in [0.2, 0.25) is 10.0 Å². The van der Waals surface area contributed by atoms with Crippen LogP contribution < -0.4 is 10.0 Å². The first-order valence-corrected chi connectivity index (χ1v) is 8.21. The van der Waals surface area contributed by atoms with E-state index in [4.69, 9.17) is 5.11 Å². The third kappa shape index (κ3) is 5.33. The molecule has 6 nitrogen and oxygen atoms in total. The van der Waals surface area contributed by atoms with Gasteiger partial charge in [-0.1, -0.05) is 6.07 Å². The zero-order valence-corrected chi connectivity index (χ0v) is 13.9. The van der Waals surface area contributed by atoms with Crippen molar-refractivity contribution in [3.05, 3.63) is 29.3 Å². The molecule has 24 heavy (non-hydrogen) atoms. The molecule has 1 unspecified atom stereocenters. The minimum atomic E-state index is -4.44. The SMILES string of the molecule is Cl.O=C(O)C1Cc2ccc(S(=O)(=O)NCCC(F)(F)F)cc2CN1. The lowest BCUT2D eigenvalue weighted by molar-refractivity contribution is -0.139. The second kappa shape index (κ2) is 7.68. The highest BCUT2D eigenvalue weighted by Crippen LogP contribution is 2.22. The number of rotatable bonds is 5. The van der Waals surface area contributed by atoms with Crippen LogP contribution in [0.1, 0.15) is 17.5 Å². The molecule has 136 valence electrons. The summed E-state index contributed by atoms with van der Waals surface area (Å²) in [6.45, 7) is -0.555. The number of fused-ring (bicyclic) bond motifs is 1. The van der Waals surface area contributed by atoms with Gasteiger partial charge in [0.15, 0.2) is 0 Å². The molecule has 0 saturated carbocycles. The predicted octanol–water partition coefficient (Wildman–Crippen LogP) is 1.44. The van der Waals surface area contributed by atoms with Gasteiger partial charge in [-0.05, 0) is 29.7 Å². The van der Waals surface area contributed by atoms with Crippen molar-refractivity contribution in [3.8, 4) is 0 Å². The molecule has 0 aromatic heterocycles. The van der Waals surface area contributed by atoms with Crippen LogP contribution in [0.3, 0.4) is 0 Å². The van der Waals surface area contributed by atoms with Crippen molar-refractivity contribution in [3.63, 3.8) is 0 Å². The number of carboxylic acids is 1. The molecule has 0 amide bonds. The highest BCUT2D eigenvalue weighted by molar-refractivity contribution is 7.89. The molecule has 11 heteroatoms. The van der Waals surface area contributed by atoms with Gasteiger partial charge in [0.05, 0.1) is 11.3 Å². The van der Waals surface area contributed by atoms with Crippen molar-refractivity contribution in [2.45, 2.75) is 36.5 Å². The molecule has 1 heterocycles. The number of hydrogen-bond acceptors (Lipinski definition) is 4. The van der Waals surface area contributed by atoms with Crippen LogP contribution in [0.25, 0.3) is 0 Å². The van der Waals surface area contributed by atoms with Gasteiger partial charge in [0, 0.05) is 13.1 Å². The van der Waals surface area contributed by atoms with E-state index in [1.807, 2.05) is 4.72 Å². The van der Waals surface area contributed by atoms with E-state index < -0.39 is 41.2 Å². The first-order valence-electron chi connectivity index (χ1n) is 6.73. The highest BCUT2D eigenvalue weighted by atomic mass is 35.5. The zero-order valence-electron chi connectivity index (χ0n) is 12.3. The Morgan fingerprint density at radius 3 is 2.58 bits per heavy atom. The fourth-order valence-electron chi connectivity index (χ4n) is 2.24. The van der Waals surface area contributed by atoms with Crippen LogP contribution in [0.15, 0.2) is 23.1 Å². The summed E-state index contributed by atoms with van der Waals surface area (Å²) in [5.41, 5.74) is 1.31. The average molecular weight is 389 g/mol. The fourth-order valence-corrected chi connectivity index (χ4v) is 3.33. The fraction of sp³-hybridized carbons (Fsp3) is 0.462. The minimum Gasteiger partial charge on any atom is -0.480 e. The molecule has 0 spiro atoms. The molecule has 1 aromatic carbocycles. The molecule has 0 fully saturated rings. The molecule has 1 aliphatic rings. The number of carboxylic acid groups (broad SMARTS) is 1. The monoisotopic (exact) mass is 388 g/mol. The maximum Gasteiger partial charge on any atom is 0.390 e. The van der Waals surface area contributed by atoms with E-state index >= 15 is 0 Å². The number of carbonyl (C=O) groups is 1. The lowest BCUT2D eigenvalue weighted by Gasteiger charge is -2.23. The third-order valence-electron chi connectivity index (χ3n) is 3.45. The van der Waals surface area contributed by atoms with Crippen molar-refractivity contribution >= 4 is 28.4 Å². The summed E-state index contributed by atoms with van der Waals surface area (Å²) in [5, 5.41) is 11.7. The van der Waals surface area contributed by atoms with E-state index in [2.05, 4.69) is 5.32 Å². The Morgan fingerprint density at radius 2 is 2.00 bits per heavy atom. The van der Waals surface area contributed by atoms with Gasteiger partial charge in [-0.3, -0.25) is 4.79 Å². The van der Waals surface area contributed by atoms with Gasteiger partial charge < -0.3 is 10.4 Å². The number of nitrogens with one attached hydrogen (secondary N) is 2. The lowest BCUT2D eigenvalue weighted by atomic mass is 9.96. The molecule has 0 aliphatic carbocycles. The smallest absolute Gasteiger partial charge is 0.390 e. The van der Waals surface area contributed by atoms with E-state index in [-0.39, 0.29) is 30.3 Å². The summed E-state index contributed by atoms with van der Waals surface area (Å²) >= 11 is 0. The van der Waals surface area contributed by atoms with Crippen LogP contribution in [0.4, 0.5) is 13.2 Å². The minimum absolute atomic E-state index is 0. The Balaban J connectivity index is 0.00000288. The maximum atomic E-state index is 12.1. The van der Waals surface area contributed by atoms with Gasteiger partial charge in [-0.15, -0.1) is 12.4 Å². The molecule has 3 N–H and O–H groups in total. The molecule has 2 rings (SSSR count). The Bertz CT molecular complexity index is 710. The number of halogens is 4. The van der Waals surface area contributed by atoms with Crippen LogP contribution in [-0.4, -0.2) is 38.3 Å². The van der Waals surface area contributed by atoms with Gasteiger partial charge in [-0.25, -0.2) is 13.1 Å². The Hall–Kier alpha value is -1.36. The first-order chi connectivity index (χ1) is 10.6. The first kappa shape index (κ1) is 20.7.